The highest BCUT2D eigenvalue weighted by atomic mass is 32.1. The summed E-state index contributed by atoms with van der Waals surface area (Å²) >= 11 is 5.21. The molecule has 120 valence electrons. The lowest BCUT2D eigenvalue weighted by molar-refractivity contribution is -0.385. The van der Waals surface area contributed by atoms with E-state index < -0.39 is 4.92 Å². The zero-order valence-corrected chi connectivity index (χ0v) is 13.5. The average Bonchev–Trinajstić information content (AvgIpc) is 2.94. The number of nitrogens with one attached hydrogen (secondary N) is 1. The van der Waals surface area contributed by atoms with Gasteiger partial charge in [0.2, 0.25) is 4.77 Å². The molecule has 0 radical (unpaired) electrons. The number of rotatable bonds is 4. The molecular weight excluding hydrogens is 326 g/mol. The minimum Gasteiger partial charge on any atom is -0.258 e. The minimum absolute atomic E-state index is 0.0197. The molecule has 1 heterocycles. The van der Waals surface area contributed by atoms with E-state index in [0.717, 1.165) is 11.1 Å². The van der Waals surface area contributed by atoms with Crippen molar-refractivity contribution < 1.29 is 4.92 Å². The fraction of sp³-hybridized carbons (Fsp3) is 0.0625. The van der Waals surface area contributed by atoms with Crippen molar-refractivity contribution in [3.63, 3.8) is 0 Å². The molecule has 2 aromatic carbocycles. The Hall–Kier alpha value is -3.13. The summed E-state index contributed by atoms with van der Waals surface area (Å²) in [7, 11) is 0. The number of aryl methyl sites for hydroxylation is 1. The van der Waals surface area contributed by atoms with E-state index in [1.807, 2.05) is 31.2 Å². The maximum atomic E-state index is 11.1. The molecule has 3 aromatic rings. The Bertz CT molecular complexity index is 990. The monoisotopic (exact) mass is 339 g/mol. The fourth-order valence-electron chi connectivity index (χ4n) is 2.28. The van der Waals surface area contributed by atoms with Gasteiger partial charge in [0.05, 0.1) is 16.7 Å². The number of aromatic amines is 1. The second-order valence-electron chi connectivity index (χ2n) is 5.04. The number of hydrogen-bond donors (Lipinski definition) is 1. The van der Waals surface area contributed by atoms with Crippen molar-refractivity contribution in [2.75, 3.05) is 0 Å². The maximum Gasteiger partial charge on any atom is 0.278 e. The Morgan fingerprint density at radius 1 is 1.25 bits per heavy atom. The molecule has 3 rings (SSSR count). The number of hydrogen-bond acceptors (Lipinski definition) is 5. The maximum absolute atomic E-state index is 11.1. The lowest BCUT2D eigenvalue weighted by atomic mass is 10.1. The first kappa shape index (κ1) is 15.8. The molecular formula is C16H13N5O2S. The molecule has 1 aromatic heterocycles. The van der Waals surface area contributed by atoms with Crippen LogP contribution < -0.4 is 0 Å². The summed E-state index contributed by atoms with van der Waals surface area (Å²) in [5, 5.41) is 22.3. The van der Waals surface area contributed by atoms with Crippen LogP contribution in [0.5, 0.6) is 0 Å². The summed E-state index contributed by atoms with van der Waals surface area (Å²) in [5.74, 6) is 0.549. The van der Waals surface area contributed by atoms with Gasteiger partial charge in [-0.05, 0) is 30.8 Å². The summed E-state index contributed by atoms with van der Waals surface area (Å²) in [4.78, 5) is 10.6. The Morgan fingerprint density at radius 2 is 1.96 bits per heavy atom. The summed E-state index contributed by atoms with van der Waals surface area (Å²) < 4.78 is 1.76. The van der Waals surface area contributed by atoms with Gasteiger partial charge in [-0.15, -0.1) is 0 Å². The third-order valence-electron chi connectivity index (χ3n) is 3.48. The highest BCUT2D eigenvalue weighted by molar-refractivity contribution is 7.71. The molecule has 0 bridgehead atoms. The topological polar surface area (TPSA) is 89.1 Å². The molecule has 0 saturated carbocycles. The van der Waals surface area contributed by atoms with Crippen molar-refractivity contribution >= 4 is 24.1 Å². The molecule has 0 aliphatic carbocycles. The van der Waals surface area contributed by atoms with Gasteiger partial charge in [0, 0.05) is 11.6 Å². The number of nitrogens with zero attached hydrogens (tertiary/aromatic N) is 4. The zero-order chi connectivity index (χ0) is 17.1. The SMILES string of the molecule is Cc1ccccc1-c1n[nH]c(=S)n1N=Cc1ccccc1[N+](=O)[O-]. The van der Waals surface area contributed by atoms with Gasteiger partial charge in [-0.25, -0.2) is 5.10 Å². The van der Waals surface area contributed by atoms with Crippen LogP contribution in [0.3, 0.4) is 0 Å². The second kappa shape index (κ2) is 6.55. The van der Waals surface area contributed by atoms with Gasteiger partial charge in [-0.1, -0.05) is 36.4 Å². The number of nitro benzene ring substituents is 1. The molecule has 0 unspecified atom stereocenters. The molecule has 0 spiro atoms. The van der Waals surface area contributed by atoms with Crippen LogP contribution in [0.25, 0.3) is 11.4 Å². The van der Waals surface area contributed by atoms with Gasteiger partial charge >= 0.3 is 0 Å². The highest BCUT2D eigenvalue weighted by Crippen LogP contribution is 2.21. The third-order valence-corrected chi connectivity index (χ3v) is 3.75. The largest absolute Gasteiger partial charge is 0.278 e. The van der Waals surface area contributed by atoms with Crippen LogP contribution in [-0.2, 0) is 0 Å². The molecule has 1 N–H and O–H groups in total. The number of nitro groups is 1. The third kappa shape index (κ3) is 2.99. The van der Waals surface area contributed by atoms with Crippen molar-refractivity contribution in [1.29, 1.82) is 0 Å². The van der Waals surface area contributed by atoms with E-state index >= 15 is 0 Å². The zero-order valence-electron chi connectivity index (χ0n) is 12.7. The Labute approximate surface area is 142 Å². The van der Waals surface area contributed by atoms with Crippen LogP contribution in [0, 0.1) is 21.8 Å². The molecule has 24 heavy (non-hydrogen) atoms. The average molecular weight is 339 g/mol. The van der Waals surface area contributed by atoms with Gasteiger partial charge < -0.3 is 0 Å². The molecule has 0 fully saturated rings. The van der Waals surface area contributed by atoms with Gasteiger partial charge in [-0.2, -0.15) is 14.9 Å². The van der Waals surface area contributed by atoms with Crippen LogP contribution in [0.2, 0.25) is 0 Å². The fourth-order valence-corrected chi connectivity index (χ4v) is 2.46. The van der Waals surface area contributed by atoms with E-state index in [1.54, 1.807) is 18.2 Å². The van der Waals surface area contributed by atoms with Crippen molar-refractivity contribution in [1.82, 2.24) is 14.9 Å². The van der Waals surface area contributed by atoms with E-state index in [2.05, 4.69) is 15.3 Å². The standard InChI is InChI=1S/C16H13N5O2S/c1-11-6-2-4-8-13(11)15-18-19-16(24)20(15)17-10-12-7-3-5-9-14(12)21(22)23/h2-10H,1H3,(H,19,24). The lowest BCUT2D eigenvalue weighted by Gasteiger charge is -2.04. The van der Waals surface area contributed by atoms with Crippen LogP contribution >= 0.6 is 12.2 Å². The van der Waals surface area contributed by atoms with E-state index in [4.69, 9.17) is 12.2 Å². The first-order valence-electron chi connectivity index (χ1n) is 7.09. The highest BCUT2D eigenvalue weighted by Gasteiger charge is 2.12. The molecule has 0 saturated heterocycles. The molecule has 0 aliphatic rings. The molecule has 7 nitrogen and oxygen atoms in total. The van der Waals surface area contributed by atoms with E-state index in [9.17, 15) is 10.1 Å². The first-order chi connectivity index (χ1) is 11.6. The normalized spacial score (nSPS) is 11.0. The Kier molecular flexibility index (Phi) is 4.30. The van der Waals surface area contributed by atoms with Crippen LogP contribution in [0.4, 0.5) is 5.69 Å². The van der Waals surface area contributed by atoms with Gasteiger partial charge in [-0.3, -0.25) is 10.1 Å². The van der Waals surface area contributed by atoms with Crippen molar-refractivity contribution in [2.45, 2.75) is 6.92 Å². The Morgan fingerprint density at radius 3 is 2.71 bits per heavy atom. The number of H-pyrrole nitrogens is 1. The van der Waals surface area contributed by atoms with Gasteiger partial charge in [0.15, 0.2) is 5.82 Å². The quantitative estimate of drug-likeness (QED) is 0.340. The van der Waals surface area contributed by atoms with E-state index in [1.165, 1.54) is 17.0 Å². The van der Waals surface area contributed by atoms with E-state index in [0.29, 0.717) is 16.2 Å². The van der Waals surface area contributed by atoms with Crippen LogP contribution in [0.15, 0.2) is 53.6 Å². The van der Waals surface area contributed by atoms with Crippen LogP contribution in [0.1, 0.15) is 11.1 Å². The van der Waals surface area contributed by atoms with Gasteiger partial charge in [0.25, 0.3) is 5.69 Å². The summed E-state index contributed by atoms with van der Waals surface area (Å²) in [6.45, 7) is 1.96. The number of para-hydroxylation sites is 1. The second-order valence-corrected chi connectivity index (χ2v) is 5.43. The summed E-state index contributed by atoms with van der Waals surface area (Å²) in [5.41, 5.74) is 2.27. The van der Waals surface area contributed by atoms with Crippen molar-refractivity contribution in [3.8, 4) is 11.4 Å². The number of benzene rings is 2. The lowest BCUT2D eigenvalue weighted by Crippen LogP contribution is -1.98. The van der Waals surface area contributed by atoms with Crippen molar-refractivity contribution in [2.24, 2.45) is 5.10 Å². The van der Waals surface area contributed by atoms with E-state index in [-0.39, 0.29) is 5.69 Å². The summed E-state index contributed by atoms with van der Waals surface area (Å²) in [6.07, 6.45) is 1.41. The smallest absolute Gasteiger partial charge is 0.258 e. The van der Waals surface area contributed by atoms with Crippen molar-refractivity contribution in [3.05, 3.63) is 74.5 Å². The minimum atomic E-state index is -0.446. The molecule has 0 atom stereocenters. The predicted octanol–water partition coefficient (Wildman–Crippen LogP) is 3.71. The molecule has 8 heteroatoms. The number of aromatic nitrogens is 3. The Balaban J connectivity index is 2.07. The summed E-state index contributed by atoms with van der Waals surface area (Å²) in [6, 6.07) is 14.1. The first-order valence-corrected chi connectivity index (χ1v) is 7.50. The molecule has 0 aliphatic heterocycles. The molecule has 0 amide bonds. The van der Waals surface area contributed by atoms with Gasteiger partial charge in [0.1, 0.15) is 0 Å². The predicted molar refractivity (Wildman–Crippen MR) is 93.7 cm³/mol. The van der Waals surface area contributed by atoms with Crippen LogP contribution in [-0.4, -0.2) is 26.0 Å².